The second-order valence-corrected chi connectivity index (χ2v) is 3.24. The van der Waals surface area contributed by atoms with Gasteiger partial charge in [-0.2, -0.15) is 0 Å². The van der Waals surface area contributed by atoms with Crippen LogP contribution in [0, 0.1) is 0 Å². The fourth-order valence-corrected chi connectivity index (χ4v) is 1.46. The van der Waals surface area contributed by atoms with Crippen LogP contribution in [0.25, 0.3) is 11.0 Å². The summed E-state index contributed by atoms with van der Waals surface area (Å²) in [6.07, 6.45) is 2.43. The van der Waals surface area contributed by atoms with E-state index >= 15 is 0 Å². The number of carbonyl (C=O) groups excluding carboxylic acids is 1. The summed E-state index contributed by atoms with van der Waals surface area (Å²) in [6.45, 7) is 0. The second kappa shape index (κ2) is 2.85. The average Bonchev–Trinajstić information content (AvgIpc) is 2.46. The maximum Gasteiger partial charge on any atom is 0.151 e. The van der Waals surface area contributed by atoms with Gasteiger partial charge in [-0.05, 0) is 12.1 Å². The Hall–Kier alpha value is -1.35. The van der Waals surface area contributed by atoms with Crippen LogP contribution in [0.15, 0.2) is 18.5 Å². The lowest BCUT2D eigenvalue weighted by atomic mass is 10.2. The largest absolute Gasteiger partial charge is 0.334 e. The van der Waals surface area contributed by atoms with Crippen LogP contribution < -0.4 is 0 Å². The Labute approximate surface area is 79.9 Å². The number of rotatable bonds is 1. The van der Waals surface area contributed by atoms with E-state index in [2.05, 4.69) is 4.98 Å². The first-order valence-electron chi connectivity index (χ1n) is 3.78. The van der Waals surface area contributed by atoms with Crippen molar-refractivity contribution in [3.05, 3.63) is 29.0 Å². The molecular formula is C9H7ClN2O. The molecule has 2 rings (SSSR count). The molecule has 2 aromatic rings. The summed E-state index contributed by atoms with van der Waals surface area (Å²) in [5.74, 6) is 0. The van der Waals surface area contributed by atoms with Gasteiger partial charge in [0, 0.05) is 12.6 Å². The molecule has 0 spiro atoms. The first-order valence-corrected chi connectivity index (χ1v) is 4.16. The van der Waals surface area contributed by atoms with Crippen molar-refractivity contribution >= 4 is 28.9 Å². The summed E-state index contributed by atoms with van der Waals surface area (Å²) in [5, 5.41) is 0.446. The SMILES string of the molecule is Cn1cnc2cc(Cl)c(C=O)cc21. The number of hydrogen-bond acceptors (Lipinski definition) is 2. The Morgan fingerprint density at radius 2 is 2.31 bits per heavy atom. The quantitative estimate of drug-likeness (QED) is 0.652. The van der Waals surface area contributed by atoms with Crippen molar-refractivity contribution in [2.45, 2.75) is 0 Å². The molecule has 1 aromatic carbocycles. The van der Waals surface area contributed by atoms with Crippen molar-refractivity contribution < 1.29 is 4.79 Å². The Morgan fingerprint density at radius 1 is 1.54 bits per heavy atom. The van der Waals surface area contributed by atoms with E-state index in [-0.39, 0.29) is 0 Å². The van der Waals surface area contributed by atoms with E-state index in [9.17, 15) is 4.79 Å². The number of carbonyl (C=O) groups is 1. The molecule has 0 radical (unpaired) electrons. The van der Waals surface area contributed by atoms with E-state index in [1.165, 1.54) is 0 Å². The van der Waals surface area contributed by atoms with Gasteiger partial charge in [0.25, 0.3) is 0 Å². The molecule has 0 aliphatic carbocycles. The number of imidazole rings is 1. The minimum atomic E-state index is 0.446. The van der Waals surface area contributed by atoms with Crippen LogP contribution in [0.1, 0.15) is 10.4 Å². The number of hydrogen-bond donors (Lipinski definition) is 0. The number of fused-ring (bicyclic) bond motifs is 1. The lowest BCUT2D eigenvalue weighted by molar-refractivity contribution is 0.112. The van der Waals surface area contributed by atoms with E-state index in [0.29, 0.717) is 10.6 Å². The molecule has 0 bridgehead atoms. The van der Waals surface area contributed by atoms with Crippen LogP contribution in [0.5, 0.6) is 0 Å². The molecule has 0 aliphatic rings. The Bertz CT molecular complexity index is 476. The summed E-state index contributed by atoms with van der Waals surface area (Å²) >= 11 is 5.83. The van der Waals surface area contributed by atoms with Crippen molar-refractivity contribution in [1.29, 1.82) is 0 Å². The van der Waals surface area contributed by atoms with Crippen molar-refractivity contribution in [2.24, 2.45) is 7.05 Å². The number of halogens is 1. The molecule has 0 aliphatic heterocycles. The molecule has 1 heterocycles. The first-order chi connectivity index (χ1) is 6.22. The molecule has 0 saturated carbocycles. The van der Waals surface area contributed by atoms with Gasteiger partial charge >= 0.3 is 0 Å². The molecule has 0 amide bonds. The zero-order valence-corrected chi connectivity index (χ0v) is 7.75. The molecule has 3 nitrogen and oxygen atoms in total. The highest BCUT2D eigenvalue weighted by atomic mass is 35.5. The van der Waals surface area contributed by atoms with Gasteiger partial charge in [0.1, 0.15) is 0 Å². The van der Waals surface area contributed by atoms with Crippen LogP contribution >= 0.6 is 11.6 Å². The highest BCUT2D eigenvalue weighted by molar-refractivity contribution is 6.33. The van der Waals surface area contributed by atoms with Gasteiger partial charge in [-0.15, -0.1) is 0 Å². The Balaban J connectivity index is 2.84. The second-order valence-electron chi connectivity index (χ2n) is 2.84. The van der Waals surface area contributed by atoms with Gasteiger partial charge in [-0.25, -0.2) is 4.98 Å². The summed E-state index contributed by atoms with van der Waals surface area (Å²) in [7, 11) is 1.87. The highest BCUT2D eigenvalue weighted by Gasteiger charge is 2.05. The van der Waals surface area contributed by atoms with Gasteiger partial charge in [-0.3, -0.25) is 4.79 Å². The molecule has 0 N–H and O–H groups in total. The van der Waals surface area contributed by atoms with E-state index in [1.54, 1.807) is 18.5 Å². The third-order valence-corrected chi connectivity index (χ3v) is 2.30. The van der Waals surface area contributed by atoms with Gasteiger partial charge < -0.3 is 4.57 Å². The van der Waals surface area contributed by atoms with Gasteiger partial charge in [0.05, 0.1) is 22.4 Å². The van der Waals surface area contributed by atoms with Crippen LogP contribution in [-0.4, -0.2) is 15.8 Å². The standard InChI is InChI=1S/C9H7ClN2O/c1-12-5-11-8-3-7(10)6(4-13)2-9(8)12/h2-5H,1H3. The minimum Gasteiger partial charge on any atom is -0.334 e. The molecule has 0 fully saturated rings. The molecule has 4 heteroatoms. The average molecular weight is 195 g/mol. The summed E-state index contributed by atoms with van der Waals surface area (Å²) in [4.78, 5) is 14.7. The monoisotopic (exact) mass is 194 g/mol. The third kappa shape index (κ3) is 1.21. The van der Waals surface area contributed by atoms with Crippen molar-refractivity contribution in [3.63, 3.8) is 0 Å². The van der Waals surface area contributed by atoms with Crippen LogP contribution in [-0.2, 0) is 7.05 Å². The fourth-order valence-electron chi connectivity index (χ4n) is 1.25. The molecule has 0 atom stereocenters. The van der Waals surface area contributed by atoms with E-state index in [4.69, 9.17) is 11.6 Å². The summed E-state index contributed by atoms with van der Waals surface area (Å²) < 4.78 is 1.85. The molecular weight excluding hydrogens is 188 g/mol. The zero-order valence-electron chi connectivity index (χ0n) is 6.99. The zero-order chi connectivity index (χ0) is 9.42. The summed E-state index contributed by atoms with van der Waals surface area (Å²) in [6, 6.07) is 3.43. The molecule has 13 heavy (non-hydrogen) atoms. The predicted molar refractivity (Wildman–Crippen MR) is 51.1 cm³/mol. The number of nitrogens with zero attached hydrogens (tertiary/aromatic N) is 2. The number of aldehydes is 1. The van der Waals surface area contributed by atoms with Crippen LogP contribution in [0.2, 0.25) is 5.02 Å². The predicted octanol–water partition coefficient (Wildman–Crippen LogP) is 2.04. The van der Waals surface area contributed by atoms with Crippen LogP contribution in [0.3, 0.4) is 0 Å². The van der Waals surface area contributed by atoms with E-state index in [0.717, 1.165) is 17.3 Å². The van der Waals surface area contributed by atoms with Crippen molar-refractivity contribution in [3.8, 4) is 0 Å². The van der Waals surface area contributed by atoms with E-state index < -0.39 is 0 Å². The van der Waals surface area contributed by atoms with Crippen molar-refractivity contribution in [1.82, 2.24) is 9.55 Å². The maximum absolute atomic E-state index is 10.6. The topological polar surface area (TPSA) is 34.9 Å². The third-order valence-electron chi connectivity index (χ3n) is 1.97. The van der Waals surface area contributed by atoms with Crippen molar-refractivity contribution in [2.75, 3.05) is 0 Å². The van der Waals surface area contributed by atoms with Crippen LogP contribution in [0.4, 0.5) is 0 Å². The lowest BCUT2D eigenvalue weighted by Crippen LogP contribution is -1.87. The fraction of sp³-hybridized carbons (Fsp3) is 0.111. The molecule has 1 aromatic heterocycles. The minimum absolute atomic E-state index is 0.446. The first kappa shape index (κ1) is 8.26. The lowest BCUT2D eigenvalue weighted by Gasteiger charge is -1.97. The number of aromatic nitrogens is 2. The molecule has 66 valence electrons. The van der Waals surface area contributed by atoms with Gasteiger partial charge in [0.2, 0.25) is 0 Å². The number of benzene rings is 1. The number of aryl methyl sites for hydroxylation is 1. The van der Waals surface area contributed by atoms with Gasteiger partial charge in [-0.1, -0.05) is 11.6 Å². The summed E-state index contributed by atoms with van der Waals surface area (Å²) in [5.41, 5.74) is 2.21. The molecule has 0 saturated heterocycles. The normalized spacial score (nSPS) is 10.6. The van der Waals surface area contributed by atoms with Gasteiger partial charge in [0.15, 0.2) is 6.29 Å². The Morgan fingerprint density at radius 3 is 3.00 bits per heavy atom. The maximum atomic E-state index is 10.6. The highest BCUT2D eigenvalue weighted by Crippen LogP contribution is 2.21. The van der Waals surface area contributed by atoms with E-state index in [1.807, 2.05) is 11.6 Å². The smallest absolute Gasteiger partial charge is 0.151 e. The molecule has 0 unspecified atom stereocenters. The Kier molecular flexibility index (Phi) is 1.81.